The van der Waals surface area contributed by atoms with Crippen molar-refractivity contribution in [3.05, 3.63) is 30.5 Å². The number of rotatable bonds is 0. The highest BCUT2D eigenvalue weighted by Gasteiger charge is 1.93. The van der Waals surface area contributed by atoms with E-state index < -0.39 is 6.98 Å². The Bertz CT molecular complexity index is 430. The maximum absolute atomic E-state index is 7.21. The van der Waals surface area contributed by atoms with Gasteiger partial charge in [-0.3, -0.25) is 4.68 Å². The smallest absolute Gasteiger partial charge is 0.0679 e. The molecule has 0 bridgehead atoms. The fourth-order valence-corrected chi connectivity index (χ4v) is 0.972. The highest BCUT2D eigenvalue weighted by atomic mass is 15.2. The van der Waals surface area contributed by atoms with E-state index in [1.165, 1.54) is 0 Å². The van der Waals surface area contributed by atoms with Gasteiger partial charge in [-0.2, -0.15) is 5.10 Å². The first-order valence-electron chi connectivity index (χ1n) is 4.52. The van der Waals surface area contributed by atoms with E-state index in [4.69, 9.17) is 4.11 Å². The van der Waals surface area contributed by atoms with Crippen LogP contribution >= 0.6 is 0 Å². The third kappa shape index (κ3) is 0.620. The average molecular weight is 135 g/mol. The minimum absolute atomic E-state index is 0.641. The van der Waals surface area contributed by atoms with E-state index >= 15 is 0 Å². The molecule has 10 heavy (non-hydrogen) atoms. The molecule has 1 aromatic carbocycles. The molecule has 0 saturated carbocycles. The molecule has 0 spiro atoms. The molecule has 0 unspecified atom stereocenters. The van der Waals surface area contributed by atoms with Crippen LogP contribution in [0.3, 0.4) is 0 Å². The number of benzene rings is 1. The summed E-state index contributed by atoms with van der Waals surface area (Å²) >= 11 is 0. The molecule has 0 atom stereocenters. The molecule has 0 amide bonds. The first kappa shape index (κ1) is 3.19. The molecule has 2 heteroatoms. The van der Waals surface area contributed by atoms with Crippen LogP contribution in [-0.2, 0) is 6.98 Å². The van der Waals surface area contributed by atoms with Crippen LogP contribution < -0.4 is 0 Å². The number of aryl methyl sites for hydroxylation is 1. The lowest BCUT2D eigenvalue weighted by molar-refractivity contribution is 0.797. The summed E-state index contributed by atoms with van der Waals surface area (Å²) in [7, 11) is 0. The second kappa shape index (κ2) is 1.84. The van der Waals surface area contributed by atoms with Gasteiger partial charge < -0.3 is 0 Å². The maximum atomic E-state index is 7.21. The van der Waals surface area contributed by atoms with Crippen LogP contribution in [0, 0.1) is 0 Å². The monoisotopic (exact) mass is 135 g/mol. The fourth-order valence-electron chi connectivity index (χ4n) is 0.972. The first-order chi connectivity index (χ1) is 6.09. The van der Waals surface area contributed by atoms with E-state index in [0.29, 0.717) is 5.52 Å². The Labute approximate surface area is 63.3 Å². The summed E-state index contributed by atoms with van der Waals surface area (Å²) in [5, 5.41) is 4.67. The van der Waals surface area contributed by atoms with Crippen LogP contribution in [-0.4, -0.2) is 9.78 Å². The van der Waals surface area contributed by atoms with E-state index in [0.717, 1.165) is 10.1 Å². The van der Waals surface area contributed by atoms with Crippen LogP contribution in [0.15, 0.2) is 30.5 Å². The molecule has 2 rings (SSSR count). The number of fused-ring (bicyclic) bond motifs is 1. The SMILES string of the molecule is [2H]C([2H])([2H])n1ncc2ccccc21. The summed E-state index contributed by atoms with van der Waals surface area (Å²) in [4.78, 5) is 0. The number of hydrogen-bond acceptors (Lipinski definition) is 1. The Morgan fingerprint density at radius 1 is 1.50 bits per heavy atom. The van der Waals surface area contributed by atoms with Gasteiger partial charge in [0.25, 0.3) is 0 Å². The molecule has 0 aliphatic carbocycles. The van der Waals surface area contributed by atoms with Gasteiger partial charge in [-0.15, -0.1) is 0 Å². The largest absolute Gasteiger partial charge is 0.268 e. The molecule has 0 radical (unpaired) electrons. The summed E-state index contributed by atoms with van der Waals surface area (Å²) in [6, 6.07) is 7.24. The second-order valence-corrected chi connectivity index (χ2v) is 2.12. The van der Waals surface area contributed by atoms with Crippen LogP contribution in [0.1, 0.15) is 4.11 Å². The third-order valence-electron chi connectivity index (χ3n) is 1.48. The number of para-hydroxylation sites is 1. The molecular formula is C8H8N2. The summed E-state index contributed by atoms with van der Waals surface area (Å²) in [6.07, 6.45) is 1.56. The van der Waals surface area contributed by atoms with Gasteiger partial charge >= 0.3 is 0 Å². The van der Waals surface area contributed by atoms with Gasteiger partial charge in [-0.25, -0.2) is 0 Å². The van der Waals surface area contributed by atoms with Crippen molar-refractivity contribution in [1.82, 2.24) is 9.78 Å². The minimum atomic E-state index is -2.19. The lowest BCUT2D eigenvalue weighted by atomic mass is 10.3. The molecule has 0 aliphatic rings. The zero-order valence-electron chi connectivity index (χ0n) is 8.28. The van der Waals surface area contributed by atoms with Crippen LogP contribution in [0.4, 0.5) is 0 Å². The normalized spacial score (nSPS) is 16.2. The van der Waals surface area contributed by atoms with Crippen molar-refractivity contribution in [3.8, 4) is 0 Å². The van der Waals surface area contributed by atoms with E-state index in [2.05, 4.69) is 5.10 Å². The molecule has 0 saturated heterocycles. The van der Waals surface area contributed by atoms with Gasteiger partial charge in [0.2, 0.25) is 0 Å². The van der Waals surface area contributed by atoms with Crippen molar-refractivity contribution in [2.75, 3.05) is 0 Å². The van der Waals surface area contributed by atoms with Crippen LogP contribution in [0.2, 0.25) is 0 Å². The van der Waals surface area contributed by atoms with Gasteiger partial charge in [-0.1, -0.05) is 18.2 Å². The van der Waals surface area contributed by atoms with Gasteiger partial charge in [-0.05, 0) is 6.07 Å². The van der Waals surface area contributed by atoms with E-state index in [-0.39, 0.29) is 0 Å². The summed E-state index contributed by atoms with van der Waals surface area (Å²) in [5.41, 5.74) is 0.641. The van der Waals surface area contributed by atoms with Crippen molar-refractivity contribution in [2.45, 2.75) is 0 Å². The molecule has 2 aromatic rings. The minimum Gasteiger partial charge on any atom is -0.268 e. The Hall–Kier alpha value is -1.31. The van der Waals surface area contributed by atoms with Crippen molar-refractivity contribution in [2.24, 2.45) is 6.98 Å². The highest BCUT2D eigenvalue weighted by Crippen LogP contribution is 2.09. The summed E-state index contributed by atoms with van der Waals surface area (Å²) in [5.74, 6) is 0. The van der Waals surface area contributed by atoms with E-state index in [1.807, 2.05) is 12.1 Å². The Morgan fingerprint density at radius 2 is 2.40 bits per heavy atom. The predicted molar refractivity (Wildman–Crippen MR) is 40.7 cm³/mol. The summed E-state index contributed by atoms with van der Waals surface area (Å²) in [6.45, 7) is -2.19. The molecule has 1 aromatic heterocycles. The maximum Gasteiger partial charge on any atom is 0.0679 e. The van der Waals surface area contributed by atoms with Crippen molar-refractivity contribution < 1.29 is 4.11 Å². The van der Waals surface area contributed by atoms with E-state index in [1.54, 1.807) is 18.3 Å². The predicted octanol–water partition coefficient (Wildman–Crippen LogP) is 1.57. The average Bonchev–Trinajstić information content (AvgIpc) is 2.45. The zero-order valence-corrected chi connectivity index (χ0v) is 5.28. The third-order valence-corrected chi connectivity index (χ3v) is 1.48. The zero-order chi connectivity index (χ0) is 9.47. The van der Waals surface area contributed by atoms with Crippen molar-refractivity contribution in [1.29, 1.82) is 0 Å². The Kier molecular flexibility index (Phi) is 0.586. The summed E-state index contributed by atoms with van der Waals surface area (Å²) < 4.78 is 22.7. The molecule has 0 aliphatic heterocycles. The number of nitrogens with zero attached hydrogens (tertiary/aromatic N) is 2. The topological polar surface area (TPSA) is 17.8 Å². The molecule has 0 fully saturated rings. The number of hydrogen-bond donors (Lipinski definition) is 0. The van der Waals surface area contributed by atoms with Crippen molar-refractivity contribution >= 4 is 10.9 Å². The Balaban J connectivity index is 2.72. The van der Waals surface area contributed by atoms with Gasteiger partial charge in [0.1, 0.15) is 0 Å². The highest BCUT2D eigenvalue weighted by molar-refractivity contribution is 5.78. The number of aromatic nitrogens is 2. The fraction of sp³-hybridized carbons (Fsp3) is 0.125. The lowest BCUT2D eigenvalue weighted by Gasteiger charge is -1.90. The molecule has 50 valence electrons. The molecule has 2 nitrogen and oxygen atoms in total. The Morgan fingerprint density at radius 3 is 3.30 bits per heavy atom. The quantitative estimate of drug-likeness (QED) is 0.536. The standard InChI is InChI=1S/C8H8N2/c1-10-8-5-3-2-4-7(8)6-9-10/h2-6H,1H3/i1D3. The molecular weight excluding hydrogens is 124 g/mol. The molecule has 1 heterocycles. The second-order valence-electron chi connectivity index (χ2n) is 2.12. The van der Waals surface area contributed by atoms with Crippen LogP contribution in [0.5, 0.6) is 0 Å². The van der Waals surface area contributed by atoms with Gasteiger partial charge in [0.05, 0.1) is 11.7 Å². The van der Waals surface area contributed by atoms with Crippen LogP contribution in [0.25, 0.3) is 10.9 Å². The van der Waals surface area contributed by atoms with Gasteiger partial charge in [0, 0.05) is 16.5 Å². The van der Waals surface area contributed by atoms with Gasteiger partial charge in [0.15, 0.2) is 0 Å². The van der Waals surface area contributed by atoms with Crippen molar-refractivity contribution in [3.63, 3.8) is 0 Å². The van der Waals surface area contributed by atoms with E-state index in [9.17, 15) is 0 Å². The lowest BCUT2D eigenvalue weighted by Crippen LogP contribution is -1.87. The molecule has 0 N–H and O–H groups in total. The first-order valence-corrected chi connectivity index (χ1v) is 3.02.